The first-order valence-corrected chi connectivity index (χ1v) is 7.53. The lowest BCUT2D eigenvalue weighted by atomic mass is 9.92. The van der Waals surface area contributed by atoms with E-state index >= 15 is 0 Å². The van der Waals surface area contributed by atoms with Crippen LogP contribution in [0.2, 0.25) is 0 Å². The Morgan fingerprint density at radius 3 is 2.17 bits per heavy atom. The van der Waals surface area contributed by atoms with E-state index in [4.69, 9.17) is 16.6 Å². The molecule has 132 valence electrons. The topological polar surface area (TPSA) is 165 Å². The van der Waals surface area contributed by atoms with Crippen molar-refractivity contribution >= 4 is 23.6 Å². The van der Waals surface area contributed by atoms with E-state index in [9.17, 15) is 19.2 Å². The van der Waals surface area contributed by atoms with Crippen LogP contribution >= 0.6 is 0 Å². The summed E-state index contributed by atoms with van der Waals surface area (Å²) in [5.74, 6) is -4.04. The third kappa shape index (κ3) is 8.89. The first-order chi connectivity index (χ1) is 10.8. The Morgan fingerprint density at radius 1 is 1.04 bits per heavy atom. The second kappa shape index (κ2) is 11.6. The average molecular weight is 330 g/mol. The van der Waals surface area contributed by atoms with Gasteiger partial charge in [0.25, 0.3) is 0 Å². The minimum absolute atomic E-state index is 0.00310. The van der Waals surface area contributed by atoms with Gasteiger partial charge >= 0.3 is 5.97 Å². The first-order valence-electron chi connectivity index (χ1n) is 7.53. The molecule has 9 nitrogen and oxygen atoms in total. The monoisotopic (exact) mass is 330 g/mol. The maximum Gasteiger partial charge on any atom is 0.314 e. The molecule has 0 radical (unpaired) electrons. The van der Waals surface area contributed by atoms with Crippen LogP contribution in [-0.2, 0) is 19.2 Å². The second-order valence-electron chi connectivity index (χ2n) is 5.18. The number of hydrogen-bond donors (Lipinski definition) is 5. The third-order valence-corrected chi connectivity index (χ3v) is 3.22. The van der Waals surface area contributed by atoms with Crippen LogP contribution < -0.4 is 22.1 Å². The minimum atomic E-state index is -1.26. The van der Waals surface area contributed by atoms with Crippen molar-refractivity contribution in [3.63, 3.8) is 0 Å². The molecule has 2 amide bonds. The van der Waals surface area contributed by atoms with E-state index in [1.165, 1.54) is 6.92 Å². The maximum atomic E-state index is 12.4. The number of carboxylic acids is 1. The minimum Gasteiger partial charge on any atom is -0.481 e. The van der Waals surface area contributed by atoms with Gasteiger partial charge in [-0.1, -0.05) is 0 Å². The zero-order valence-corrected chi connectivity index (χ0v) is 13.3. The van der Waals surface area contributed by atoms with Crippen LogP contribution in [0, 0.1) is 5.92 Å². The van der Waals surface area contributed by atoms with E-state index in [1.54, 1.807) is 0 Å². The Bertz CT molecular complexity index is 427. The smallest absolute Gasteiger partial charge is 0.314 e. The third-order valence-electron chi connectivity index (χ3n) is 3.22. The normalized spacial score (nSPS) is 13.0. The molecule has 7 N–H and O–H groups in total. The lowest BCUT2D eigenvalue weighted by Crippen LogP contribution is -2.48. The molecule has 0 aromatic carbocycles. The molecular weight excluding hydrogens is 304 g/mol. The number of aliphatic carboxylic acids is 1. The number of nitrogens with two attached hydrogens (primary N) is 2. The number of hydrogen-bond acceptors (Lipinski definition) is 6. The molecule has 2 atom stereocenters. The van der Waals surface area contributed by atoms with Crippen LogP contribution in [0.5, 0.6) is 0 Å². The molecule has 0 saturated carbocycles. The second-order valence-corrected chi connectivity index (χ2v) is 5.18. The number of ketones is 1. The molecule has 0 rings (SSSR count). The predicted octanol–water partition coefficient (Wildman–Crippen LogP) is -1.64. The van der Waals surface area contributed by atoms with Crippen LogP contribution in [0.25, 0.3) is 0 Å². The standard InChI is InChI=1S/C14H26N4O5/c1-9(19)17-8-12(20)18-11(4-2-3-6-15)13(21)10(5-7-16)14(22)23/h10-11H,2-8,15-16H2,1H3,(H,17,19)(H,18,20)(H,22,23)/t10?,11-/m0/s1. The number of rotatable bonds is 12. The first kappa shape index (κ1) is 21.0. The Kier molecular flexibility index (Phi) is 10.5. The highest BCUT2D eigenvalue weighted by Gasteiger charge is 2.32. The molecule has 0 aliphatic heterocycles. The van der Waals surface area contributed by atoms with Crippen LogP contribution in [-0.4, -0.2) is 54.3 Å². The number of carbonyl (C=O) groups is 4. The summed E-state index contributed by atoms with van der Waals surface area (Å²) in [6.45, 7) is 1.48. The number of nitrogens with one attached hydrogen (secondary N) is 2. The Hall–Kier alpha value is -2.00. The maximum absolute atomic E-state index is 12.4. The molecule has 0 aliphatic carbocycles. The van der Waals surface area contributed by atoms with Crippen molar-refractivity contribution in [2.75, 3.05) is 19.6 Å². The number of unbranched alkanes of at least 4 members (excludes halogenated alkanes) is 1. The summed E-state index contributed by atoms with van der Waals surface area (Å²) in [7, 11) is 0. The van der Waals surface area contributed by atoms with E-state index in [0.717, 1.165) is 0 Å². The molecule has 0 aromatic rings. The molecule has 0 fully saturated rings. The molecule has 23 heavy (non-hydrogen) atoms. The van der Waals surface area contributed by atoms with E-state index in [0.29, 0.717) is 19.4 Å². The van der Waals surface area contributed by atoms with Gasteiger partial charge in [0.2, 0.25) is 11.8 Å². The fraction of sp³-hybridized carbons (Fsp3) is 0.714. The molecule has 0 saturated heterocycles. The van der Waals surface area contributed by atoms with Gasteiger partial charge in [-0.25, -0.2) is 0 Å². The fourth-order valence-electron chi connectivity index (χ4n) is 2.03. The SMILES string of the molecule is CC(=O)NCC(=O)N[C@@H](CCCCN)C(=O)C(CCN)C(=O)O. The van der Waals surface area contributed by atoms with E-state index < -0.39 is 29.6 Å². The predicted molar refractivity (Wildman–Crippen MR) is 83.3 cm³/mol. The highest BCUT2D eigenvalue weighted by Crippen LogP contribution is 2.12. The number of carbonyl (C=O) groups excluding carboxylic acids is 3. The molecule has 0 heterocycles. The quantitative estimate of drug-likeness (QED) is 0.211. The van der Waals surface area contributed by atoms with Gasteiger partial charge in [0.15, 0.2) is 5.78 Å². The van der Waals surface area contributed by atoms with Crippen molar-refractivity contribution in [3.8, 4) is 0 Å². The number of Topliss-reactive ketones (excluding diaryl/α,β-unsaturated/α-hetero) is 1. The van der Waals surface area contributed by atoms with Crippen molar-refractivity contribution in [1.82, 2.24) is 10.6 Å². The highest BCUT2D eigenvalue weighted by molar-refractivity contribution is 6.02. The Balaban J connectivity index is 4.88. The van der Waals surface area contributed by atoms with Crippen molar-refractivity contribution in [3.05, 3.63) is 0 Å². The highest BCUT2D eigenvalue weighted by atomic mass is 16.4. The summed E-state index contributed by atoms with van der Waals surface area (Å²) in [5.41, 5.74) is 10.7. The lowest BCUT2D eigenvalue weighted by Gasteiger charge is -2.21. The van der Waals surface area contributed by atoms with Gasteiger partial charge in [-0.3, -0.25) is 19.2 Å². The summed E-state index contributed by atoms with van der Waals surface area (Å²) in [6.07, 6.45) is 1.52. The van der Waals surface area contributed by atoms with Gasteiger partial charge in [0.1, 0.15) is 5.92 Å². The van der Waals surface area contributed by atoms with Crippen LogP contribution in [0.1, 0.15) is 32.6 Å². The van der Waals surface area contributed by atoms with Crippen LogP contribution in [0.3, 0.4) is 0 Å². The van der Waals surface area contributed by atoms with Gasteiger partial charge in [-0.05, 0) is 38.8 Å². The molecule has 0 spiro atoms. The van der Waals surface area contributed by atoms with E-state index in [2.05, 4.69) is 10.6 Å². The van der Waals surface area contributed by atoms with E-state index in [1.807, 2.05) is 0 Å². The average Bonchev–Trinajstić information content (AvgIpc) is 2.48. The summed E-state index contributed by atoms with van der Waals surface area (Å²) in [4.78, 5) is 46.1. The van der Waals surface area contributed by atoms with Crippen LogP contribution in [0.4, 0.5) is 0 Å². The van der Waals surface area contributed by atoms with Gasteiger partial charge in [-0.2, -0.15) is 0 Å². The van der Waals surface area contributed by atoms with Crippen molar-refractivity contribution in [1.29, 1.82) is 0 Å². The Morgan fingerprint density at radius 2 is 1.70 bits per heavy atom. The molecular formula is C14H26N4O5. The number of carboxylic acid groups (broad SMARTS) is 1. The van der Waals surface area contributed by atoms with Gasteiger partial charge < -0.3 is 27.2 Å². The largest absolute Gasteiger partial charge is 0.481 e. The zero-order chi connectivity index (χ0) is 17.8. The molecule has 0 aromatic heterocycles. The molecule has 0 bridgehead atoms. The Labute approximate surface area is 135 Å². The van der Waals surface area contributed by atoms with Gasteiger partial charge in [-0.15, -0.1) is 0 Å². The summed E-state index contributed by atoms with van der Waals surface area (Å²) < 4.78 is 0. The molecule has 0 aliphatic rings. The van der Waals surface area contributed by atoms with E-state index in [-0.39, 0.29) is 31.8 Å². The zero-order valence-electron chi connectivity index (χ0n) is 13.3. The lowest BCUT2D eigenvalue weighted by molar-refractivity contribution is -0.147. The van der Waals surface area contributed by atoms with Crippen LogP contribution in [0.15, 0.2) is 0 Å². The molecule has 1 unspecified atom stereocenters. The fourth-order valence-corrected chi connectivity index (χ4v) is 2.03. The van der Waals surface area contributed by atoms with Gasteiger partial charge in [0, 0.05) is 6.92 Å². The summed E-state index contributed by atoms with van der Waals surface area (Å²) in [5, 5.41) is 13.9. The van der Waals surface area contributed by atoms with Crippen molar-refractivity contribution < 1.29 is 24.3 Å². The van der Waals surface area contributed by atoms with Gasteiger partial charge in [0.05, 0.1) is 12.6 Å². The van der Waals surface area contributed by atoms with Crippen molar-refractivity contribution in [2.24, 2.45) is 17.4 Å². The summed E-state index contributed by atoms with van der Waals surface area (Å²) >= 11 is 0. The molecule has 9 heteroatoms. The van der Waals surface area contributed by atoms with Crippen molar-refractivity contribution in [2.45, 2.75) is 38.6 Å². The summed E-state index contributed by atoms with van der Waals surface area (Å²) in [6, 6.07) is -0.935. The number of amides is 2.